The van der Waals surface area contributed by atoms with E-state index in [1.54, 1.807) is 11.3 Å². The van der Waals surface area contributed by atoms with Crippen molar-refractivity contribution in [1.82, 2.24) is 15.6 Å². The average Bonchev–Trinajstić information content (AvgIpc) is 2.83. The van der Waals surface area contributed by atoms with Gasteiger partial charge in [0.2, 0.25) is 0 Å². The van der Waals surface area contributed by atoms with E-state index in [2.05, 4.69) is 60.7 Å². The zero-order valence-corrected chi connectivity index (χ0v) is 13.8. The van der Waals surface area contributed by atoms with Crippen molar-refractivity contribution >= 4 is 11.3 Å². The molecule has 3 nitrogen and oxygen atoms in total. The monoisotopic (exact) mass is 301 g/mol. The lowest BCUT2D eigenvalue weighted by molar-refractivity contribution is 0.443. The van der Waals surface area contributed by atoms with Crippen LogP contribution in [0.2, 0.25) is 0 Å². The summed E-state index contributed by atoms with van der Waals surface area (Å²) >= 11 is 1.80. The molecule has 4 heteroatoms. The van der Waals surface area contributed by atoms with Crippen molar-refractivity contribution in [1.29, 1.82) is 0 Å². The second-order valence-corrected chi connectivity index (χ2v) is 7.00. The number of hydrogen-bond acceptors (Lipinski definition) is 4. The Labute approximate surface area is 130 Å². The van der Waals surface area contributed by atoms with Gasteiger partial charge in [0.15, 0.2) is 0 Å². The van der Waals surface area contributed by atoms with Gasteiger partial charge in [0.25, 0.3) is 0 Å². The van der Waals surface area contributed by atoms with Gasteiger partial charge in [0, 0.05) is 23.5 Å². The Morgan fingerprint density at radius 3 is 2.95 bits per heavy atom. The molecule has 0 aliphatic carbocycles. The first-order chi connectivity index (χ1) is 10.1. The third kappa shape index (κ3) is 3.18. The molecule has 0 fully saturated rings. The number of rotatable bonds is 4. The molecule has 2 heterocycles. The molecular weight excluding hydrogens is 278 g/mol. The van der Waals surface area contributed by atoms with Gasteiger partial charge in [-0.15, -0.1) is 11.3 Å². The van der Waals surface area contributed by atoms with Crippen molar-refractivity contribution in [2.24, 2.45) is 0 Å². The summed E-state index contributed by atoms with van der Waals surface area (Å²) in [6, 6.07) is 9.54. The second-order valence-electron chi connectivity index (χ2n) is 5.77. The van der Waals surface area contributed by atoms with E-state index in [-0.39, 0.29) is 0 Å². The van der Waals surface area contributed by atoms with Gasteiger partial charge in [0.05, 0.1) is 10.7 Å². The fraction of sp³-hybridized carbons (Fsp3) is 0.471. The Bertz CT molecular complexity index is 620. The number of benzene rings is 1. The molecule has 1 aromatic heterocycles. The molecule has 112 valence electrons. The number of aryl methyl sites for hydroxylation is 2. The lowest BCUT2D eigenvalue weighted by Gasteiger charge is -2.28. The summed E-state index contributed by atoms with van der Waals surface area (Å²) < 4.78 is 0. The van der Waals surface area contributed by atoms with Gasteiger partial charge in [-0.2, -0.15) is 0 Å². The molecule has 2 atom stereocenters. The van der Waals surface area contributed by atoms with Crippen LogP contribution in [0.25, 0.3) is 0 Å². The quantitative estimate of drug-likeness (QED) is 0.910. The Balaban J connectivity index is 1.67. The highest BCUT2D eigenvalue weighted by molar-refractivity contribution is 7.11. The fourth-order valence-electron chi connectivity index (χ4n) is 3.11. The topological polar surface area (TPSA) is 37.0 Å². The normalized spacial score (nSPS) is 19.3. The van der Waals surface area contributed by atoms with Gasteiger partial charge in [-0.05, 0) is 44.9 Å². The van der Waals surface area contributed by atoms with Crippen molar-refractivity contribution < 1.29 is 0 Å². The van der Waals surface area contributed by atoms with E-state index in [1.165, 1.54) is 16.0 Å². The zero-order valence-electron chi connectivity index (χ0n) is 12.9. The molecule has 2 N–H and O–H groups in total. The summed E-state index contributed by atoms with van der Waals surface area (Å²) in [7, 11) is 0. The van der Waals surface area contributed by atoms with Crippen molar-refractivity contribution in [2.75, 3.05) is 13.1 Å². The second kappa shape index (κ2) is 6.26. The van der Waals surface area contributed by atoms with E-state index >= 15 is 0 Å². The third-order valence-corrected chi connectivity index (χ3v) is 5.43. The van der Waals surface area contributed by atoms with Crippen LogP contribution in [0.15, 0.2) is 24.3 Å². The molecule has 0 saturated carbocycles. The number of thiazole rings is 1. The maximum Gasteiger partial charge on any atom is 0.0900 e. The molecule has 0 radical (unpaired) electrons. The number of nitrogens with one attached hydrogen (secondary N) is 2. The first-order valence-electron chi connectivity index (χ1n) is 7.63. The molecule has 0 saturated heterocycles. The zero-order chi connectivity index (χ0) is 14.8. The first kappa shape index (κ1) is 14.7. The van der Waals surface area contributed by atoms with Crippen LogP contribution < -0.4 is 10.6 Å². The van der Waals surface area contributed by atoms with Crippen LogP contribution in [0.4, 0.5) is 0 Å². The average molecular weight is 301 g/mol. The van der Waals surface area contributed by atoms with Crippen LogP contribution in [0, 0.1) is 13.8 Å². The molecule has 2 aromatic rings. The minimum absolute atomic E-state index is 0.354. The number of hydrogen-bond donors (Lipinski definition) is 2. The highest BCUT2D eigenvalue weighted by Gasteiger charge is 2.20. The highest BCUT2D eigenvalue weighted by atomic mass is 32.1. The Kier molecular flexibility index (Phi) is 4.38. The van der Waals surface area contributed by atoms with Crippen molar-refractivity contribution in [3.05, 3.63) is 51.0 Å². The smallest absolute Gasteiger partial charge is 0.0900 e. The molecule has 0 amide bonds. The van der Waals surface area contributed by atoms with Crippen LogP contribution in [-0.4, -0.2) is 18.1 Å². The van der Waals surface area contributed by atoms with Crippen molar-refractivity contribution in [2.45, 2.75) is 39.3 Å². The van der Waals surface area contributed by atoms with Gasteiger partial charge in [-0.25, -0.2) is 4.98 Å². The van der Waals surface area contributed by atoms with Gasteiger partial charge in [-0.3, -0.25) is 0 Å². The molecule has 3 rings (SSSR count). The highest BCUT2D eigenvalue weighted by Crippen LogP contribution is 2.26. The molecule has 0 bridgehead atoms. The number of fused-ring (bicyclic) bond motifs is 1. The molecule has 2 unspecified atom stereocenters. The summed E-state index contributed by atoms with van der Waals surface area (Å²) in [6.45, 7) is 8.43. The standard InChI is InChI=1S/C17H23N3S/c1-11(17-12(2)20-13(3)21-17)19-10-16-15-7-5-4-6-14(15)8-9-18-16/h4-7,11,16,18-19H,8-10H2,1-3H3. The largest absolute Gasteiger partial charge is 0.309 e. The fourth-order valence-corrected chi connectivity index (χ4v) is 4.07. The third-order valence-electron chi connectivity index (χ3n) is 4.18. The van der Waals surface area contributed by atoms with Crippen molar-refractivity contribution in [3.8, 4) is 0 Å². The van der Waals surface area contributed by atoms with Crippen LogP contribution in [0.3, 0.4) is 0 Å². The lowest BCUT2D eigenvalue weighted by atomic mass is 9.94. The summed E-state index contributed by atoms with van der Waals surface area (Å²) in [5.74, 6) is 0. The maximum atomic E-state index is 4.53. The van der Waals surface area contributed by atoms with E-state index in [0.717, 1.165) is 30.2 Å². The van der Waals surface area contributed by atoms with Gasteiger partial charge < -0.3 is 10.6 Å². The first-order valence-corrected chi connectivity index (χ1v) is 8.45. The summed E-state index contributed by atoms with van der Waals surface area (Å²) in [5.41, 5.74) is 4.09. The van der Waals surface area contributed by atoms with Crippen LogP contribution in [0.5, 0.6) is 0 Å². The minimum Gasteiger partial charge on any atom is -0.309 e. The van der Waals surface area contributed by atoms with E-state index in [0.29, 0.717) is 12.1 Å². The van der Waals surface area contributed by atoms with Crippen molar-refractivity contribution in [3.63, 3.8) is 0 Å². The van der Waals surface area contributed by atoms with Crippen LogP contribution in [0.1, 0.15) is 45.7 Å². The van der Waals surface area contributed by atoms with E-state index < -0.39 is 0 Å². The van der Waals surface area contributed by atoms with E-state index in [1.807, 2.05) is 0 Å². The van der Waals surface area contributed by atoms with E-state index in [9.17, 15) is 0 Å². The molecule has 1 aliphatic heterocycles. The van der Waals surface area contributed by atoms with Gasteiger partial charge in [0.1, 0.15) is 0 Å². The summed E-state index contributed by atoms with van der Waals surface area (Å²) in [6.07, 6.45) is 1.13. The van der Waals surface area contributed by atoms with Crippen LogP contribution >= 0.6 is 11.3 Å². The Morgan fingerprint density at radius 2 is 2.19 bits per heavy atom. The maximum absolute atomic E-state index is 4.53. The van der Waals surface area contributed by atoms with Gasteiger partial charge in [-0.1, -0.05) is 24.3 Å². The predicted molar refractivity (Wildman–Crippen MR) is 88.9 cm³/mol. The summed E-state index contributed by atoms with van der Waals surface area (Å²) in [5, 5.41) is 8.45. The summed E-state index contributed by atoms with van der Waals surface area (Å²) in [4.78, 5) is 5.88. The predicted octanol–water partition coefficient (Wildman–Crippen LogP) is 3.30. The molecule has 1 aliphatic rings. The Hall–Kier alpha value is -1.23. The number of aromatic nitrogens is 1. The Morgan fingerprint density at radius 1 is 1.38 bits per heavy atom. The van der Waals surface area contributed by atoms with Gasteiger partial charge >= 0.3 is 0 Å². The lowest BCUT2D eigenvalue weighted by Crippen LogP contribution is -2.37. The van der Waals surface area contributed by atoms with Crippen LogP contribution in [-0.2, 0) is 6.42 Å². The number of nitrogens with zero attached hydrogens (tertiary/aromatic N) is 1. The molecule has 0 spiro atoms. The SMILES string of the molecule is Cc1nc(C)c(C(C)NCC2NCCc3ccccc32)s1. The minimum atomic E-state index is 0.354. The molecule has 21 heavy (non-hydrogen) atoms. The molecular formula is C17H23N3S. The molecule has 1 aromatic carbocycles. The van der Waals surface area contributed by atoms with E-state index in [4.69, 9.17) is 0 Å².